The van der Waals surface area contributed by atoms with Crippen molar-refractivity contribution in [2.45, 2.75) is 127 Å². The van der Waals surface area contributed by atoms with Crippen molar-refractivity contribution in [3.05, 3.63) is 0 Å². The Hall–Kier alpha value is -1.21. The number of primary amides is 1. The fraction of sp³-hybridized carbons (Fsp3) is 0.846. The van der Waals surface area contributed by atoms with Crippen LogP contribution in [0.1, 0.15) is 124 Å². The van der Waals surface area contributed by atoms with E-state index in [9.17, 15) is 37.3 Å². The van der Waals surface area contributed by atoms with Gasteiger partial charge in [-0.05, 0) is 12.8 Å². The first-order valence-corrected chi connectivity index (χ1v) is 15.2. The molecule has 0 aromatic carbocycles. The zero-order chi connectivity index (χ0) is 29.2. The molecular formula is C26H48NNaO10S. The Balaban J connectivity index is -0.00000684. The fourth-order valence-corrected chi connectivity index (χ4v) is 6.06. The fourth-order valence-electron chi connectivity index (χ4n) is 4.86. The van der Waals surface area contributed by atoms with E-state index >= 15 is 0 Å². The molecule has 0 spiro atoms. The van der Waals surface area contributed by atoms with E-state index in [0.29, 0.717) is 12.8 Å². The van der Waals surface area contributed by atoms with Crippen LogP contribution in [0.4, 0.5) is 0 Å². The number of carbonyl (C=O) groups excluding carboxylic acids is 1. The molecule has 0 heterocycles. The van der Waals surface area contributed by atoms with E-state index in [1.54, 1.807) is 0 Å². The maximum Gasteiger partial charge on any atom is 1.00 e. The molecular weight excluding hydrogens is 541 g/mol. The van der Waals surface area contributed by atoms with Gasteiger partial charge in [-0.1, -0.05) is 110 Å². The minimum atomic E-state index is -5.47. The van der Waals surface area contributed by atoms with Crippen molar-refractivity contribution >= 4 is 33.9 Å². The number of hydrogen-bond acceptors (Lipinski definition) is 6. The van der Waals surface area contributed by atoms with Crippen LogP contribution in [0.3, 0.4) is 0 Å². The van der Waals surface area contributed by atoms with Gasteiger partial charge in [-0.3, -0.25) is 23.7 Å². The van der Waals surface area contributed by atoms with Crippen LogP contribution >= 0.6 is 0 Å². The van der Waals surface area contributed by atoms with Crippen LogP contribution < -0.4 is 35.3 Å². The summed E-state index contributed by atoms with van der Waals surface area (Å²) in [4.78, 5) is 46.7. The number of carbonyl (C=O) groups is 4. The van der Waals surface area contributed by atoms with Gasteiger partial charge < -0.3 is 22.5 Å². The van der Waals surface area contributed by atoms with Gasteiger partial charge in [0.25, 0.3) is 10.1 Å². The molecule has 6 N–H and O–H groups in total. The number of rotatable bonds is 25. The number of carboxylic acid groups (broad SMARTS) is 3. The molecule has 2 atom stereocenters. The van der Waals surface area contributed by atoms with Gasteiger partial charge in [-0.25, -0.2) is 0 Å². The van der Waals surface area contributed by atoms with Gasteiger partial charge in [-0.2, -0.15) is 8.42 Å². The quantitative estimate of drug-likeness (QED) is 0.0451. The first-order chi connectivity index (χ1) is 17.8. The molecule has 0 aliphatic heterocycles. The van der Waals surface area contributed by atoms with E-state index < -0.39 is 63.4 Å². The molecule has 11 nitrogen and oxygen atoms in total. The van der Waals surface area contributed by atoms with Gasteiger partial charge in [0.05, 0.1) is 5.92 Å². The summed E-state index contributed by atoms with van der Waals surface area (Å²) in [6.07, 6.45) is 14.7. The maximum absolute atomic E-state index is 12.2. The van der Waals surface area contributed by atoms with Crippen LogP contribution in [-0.4, -0.2) is 56.9 Å². The molecule has 0 radical (unpaired) electrons. The van der Waals surface area contributed by atoms with Gasteiger partial charge in [0, 0.05) is 0 Å². The summed E-state index contributed by atoms with van der Waals surface area (Å²) in [7, 11) is -5.47. The van der Waals surface area contributed by atoms with Crippen molar-refractivity contribution in [3.63, 3.8) is 0 Å². The molecule has 1 amide bonds. The van der Waals surface area contributed by atoms with Gasteiger partial charge in [0.2, 0.25) is 10.7 Å². The van der Waals surface area contributed by atoms with Crippen LogP contribution in [0, 0.1) is 11.8 Å². The Kier molecular flexibility index (Phi) is 22.0. The Bertz CT molecular complexity index is 844. The zero-order valence-electron chi connectivity index (χ0n) is 24.6. The first kappa shape index (κ1) is 39.9. The Morgan fingerprint density at radius 2 is 1.05 bits per heavy atom. The standard InChI is InChI=1S/C26H47NO10S.Na.H/c1-2-3-4-5-6-7-8-9-10-11-12-13-14-15-16-17-18-26(25(33)34,38(35,36)37)21(22(27)28)19-20(23(29)30)24(31)32;;/h20-21H,2-19H2,1H3,(H2,27,28)(H,29,30)(H,31,32)(H,33,34)(H,35,36,37);;/q;+1;-1. The van der Waals surface area contributed by atoms with E-state index in [-0.39, 0.29) is 37.4 Å². The normalized spacial score (nSPS) is 13.8. The molecule has 2 unspecified atom stereocenters. The minimum Gasteiger partial charge on any atom is -1.00 e. The monoisotopic (exact) mass is 589 g/mol. The van der Waals surface area contributed by atoms with E-state index in [2.05, 4.69) is 6.92 Å². The minimum absolute atomic E-state index is 0. The third-order valence-electron chi connectivity index (χ3n) is 7.20. The van der Waals surface area contributed by atoms with Gasteiger partial charge in [0.1, 0.15) is 0 Å². The van der Waals surface area contributed by atoms with Crippen LogP contribution in [-0.2, 0) is 29.3 Å². The molecule has 39 heavy (non-hydrogen) atoms. The third kappa shape index (κ3) is 14.8. The maximum atomic E-state index is 12.2. The second-order valence-corrected chi connectivity index (χ2v) is 11.8. The molecule has 0 aromatic rings. The smallest absolute Gasteiger partial charge is 1.00 e. The third-order valence-corrected chi connectivity index (χ3v) is 8.78. The second-order valence-electron chi connectivity index (χ2n) is 10.1. The molecule has 0 bridgehead atoms. The van der Waals surface area contributed by atoms with Crippen LogP contribution in [0.25, 0.3) is 0 Å². The summed E-state index contributed by atoms with van der Waals surface area (Å²) in [6, 6.07) is 0. The van der Waals surface area contributed by atoms with Gasteiger partial charge in [0.15, 0.2) is 5.92 Å². The van der Waals surface area contributed by atoms with Gasteiger partial charge in [-0.15, -0.1) is 0 Å². The number of unbranched alkanes of at least 4 members (excludes halogenated alkanes) is 15. The molecule has 0 aliphatic rings. The summed E-state index contributed by atoms with van der Waals surface area (Å²) >= 11 is 0. The zero-order valence-corrected chi connectivity index (χ0v) is 26.4. The van der Waals surface area contributed by atoms with Crippen LogP contribution in [0.5, 0.6) is 0 Å². The number of amides is 1. The second kappa shape index (κ2) is 21.5. The summed E-state index contributed by atoms with van der Waals surface area (Å²) in [5.74, 6) is -11.9. The molecule has 0 aromatic heterocycles. The average molecular weight is 590 g/mol. The van der Waals surface area contributed by atoms with E-state index in [4.69, 9.17) is 15.9 Å². The van der Waals surface area contributed by atoms with E-state index in [1.807, 2.05) is 0 Å². The summed E-state index contributed by atoms with van der Waals surface area (Å²) in [6.45, 7) is 2.21. The van der Waals surface area contributed by atoms with Crippen molar-refractivity contribution in [3.8, 4) is 0 Å². The molecule has 13 heteroatoms. The SMILES string of the molecule is CCCCCCCCCCCCCCCCCCC(C(=O)O)(C(CC(C(=O)O)C(=O)O)C(N)=O)S(=O)(=O)O.[H-].[Na+]. The summed E-state index contributed by atoms with van der Waals surface area (Å²) < 4.78 is 31.1. The van der Waals surface area contributed by atoms with Crippen LogP contribution in [0.2, 0.25) is 0 Å². The van der Waals surface area contributed by atoms with Crippen molar-refractivity contribution < 1.29 is 78.5 Å². The Morgan fingerprint density at radius 3 is 1.31 bits per heavy atom. The van der Waals surface area contributed by atoms with Crippen molar-refractivity contribution in [1.29, 1.82) is 0 Å². The van der Waals surface area contributed by atoms with Gasteiger partial charge >= 0.3 is 47.5 Å². The number of carboxylic acids is 3. The molecule has 0 saturated heterocycles. The summed E-state index contributed by atoms with van der Waals surface area (Å²) in [5.41, 5.74) is 5.20. The van der Waals surface area contributed by atoms with Crippen molar-refractivity contribution in [2.24, 2.45) is 17.6 Å². The first-order valence-electron chi connectivity index (χ1n) is 13.8. The predicted octanol–water partition coefficient (Wildman–Crippen LogP) is 1.74. The molecule has 0 rings (SSSR count). The Morgan fingerprint density at radius 1 is 0.718 bits per heavy atom. The summed E-state index contributed by atoms with van der Waals surface area (Å²) in [5, 5.41) is 28.0. The number of hydrogen-bond donors (Lipinski definition) is 5. The van der Waals surface area contributed by atoms with Crippen molar-refractivity contribution in [1.82, 2.24) is 0 Å². The van der Waals surface area contributed by atoms with Crippen molar-refractivity contribution in [2.75, 3.05) is 0 Å². The number of aliphatic carboxylic acids is 3. The van der Waals surface area contributed by atoms with Crippen LogP contribution in [0.15, 0.2) is 0 Å². The Labute approximate surface area is 256 Å². The number of nitrogens with two attached hydrogens (primary N) is 1. The predicted molar refractivity (Wildman–Crippen MR) is 143 cm³/mol. The average Bonchev–Trinajstić information content (AvgIpc) is 2.80. The largest absolute Gasteiger partial charge is 1.00 e. The molecule has 0 aliphatic carbocycles. The topological polar surface area (TPSA) is 209 Å². The molecule has 0 saturated carbocycles. The van der Waals surface area contributed by atoms with E-state index in [1.165, 1.54) is 57.8 Å². The van der Waals surface area contributed by atoms with E-state index in [0.717, 1.165) is 25.7 Å². The molecule has 0 fully saturated rings. The molecule has 224 valence electrons.